The summed E-state index contributed by atoms with van der Waals surface area (Å²) < 4.78 is 1.65. The summed E-state index contributed by atoms with van der Waals surface area (Å²) in [5, 5.41) is 11.8. The molecule has 0 atom stereocenters. The minimum absolute atomic E-state index is 0.139. The van der Waals surface area contributed by atoms with Crippen LogP contribution in [0.1, 0.15) is 33.2 Å². The van der Waals surface area contributed by atoms with Gasteiger partial charge in [-0.05, 0) is 18.2 Å². The molecular formula is C26H19N5O3S. The molecule has 5 rings (SSSR count). The first-order valence-corrected chi connectivity index (χ1v) is 11.6. The van der Waals surface area contributed by atoms with Crippen LogP contribution in [0.5, 0.6) is 0 Å². The predicted octanol–water partition coefficient (Wildman–Crippen LogP) is 4.90. The lowest BCUT2D eigenvalue weighted by atomic mass is 9.98. The van der Waals surface area contributed by atoms with E-state index in [0.29, 0.717) is 21.8 Å². The Morgan fingerprint density at radius 3 is 2.23 bits per heavy atom. The molecule has 0 aliphatic rings. The first kappa shape index (κ1) is 22.2. The second-order valence-corrected chi connectivity index (χ2v) is 8.54. The zero-order valence-electron chi connectivity index (χ0n) is 18.6. The van der Waals surface area contributed by atoms with Crippen LogP contribution in [-0.2, 0) is 4.79 Å². The first-order chi connectivity index (χ1) is 17.0. The average molecular weight is 482 g/mol. The van der Waals surface area contributed by atoms with Crippen molar-refractivity contribution in [1.29, 1.82) is 0 Å². The van der Waals surface area contributed by atoms with Crippen molar-refractivity contribution in [3.05, 3.63) is 101 Å². The molecule has 0 unspecified atom stereocenters. The van der Waals surface area contributed by atoms with E-state index in [1.807, 2.05) is 23.6 Å². The fourth-order valence-electron chi connectivity index (χ4n) is 3.65. The van der Waals surface area contributed by atoms with Crippen molar-refractivity contribution in [3.8, 4) is 11.3 Å². The molecule has 0 aliphatic carbocycles. The number of thiazole rings is 1. The summed E-state index contributed by atoms with van der Waals surface area (Å²) in [6, 6.07) is 22.8. The summed E-state index contributed by atoms with van der Waals surface area (Å²) in [7, 11) is 0. The lowest BCUT2D eigenvalue weighted by Crippen LogP contribution is -2.17. The molecule has 0 radical (unpaired) electrons. The second-order valence-electron chi connectivity index (χ2n) is 7.70. The molecule has 0 aliphatic heterocycles. The average Bonchev–Trinajstić information content (AvgIpc) is 3.44. The maximum absolute atomic E-state index is 13.1. The molecular weight excluding hydrogens is 462 g/mol. The Morgan fingerprint density at radius 1 is 0.829 bits per heavy atom. The quantitative estimate of drug-likeness (QED) is 0.336. The summed E-state index contributed by atoms with van der Waals surface area (Å²) in [5.41, 5.74) is 3.43. The van der Waals surface area contributed by atoms with Gasteiger partial charge in [0.2, 0.25) is 10.9 Å². The molecule has 0 saturated heterocycles. The number of ketones is 1. The molecule has 2 amide bonds. The van der Waals surface area contributed by atoms with E-state index < -0.39 is 5.91 Å². The molecule has 0 spiro atoms. The van der Waals surface area contributed by atoms with Gasteiger partial charge >= 0.3 is 0 Å². The molecule has 2 heterocycles. The molecule has 2 N–H and O–H groups in total. The van der Waals surface area contributed by atoms with Crippen LogP contribution in [0.25, 0.3) is 16.2 Å². The number of benzene rings is 3. The van der Waals surface area contributed by atoms with Gasteiger partial charge in [0.15, 0.2) is 5.78 Å². The zero-order valence-corrected chi connectivity index (χ0v) is 19.4. The highest BCUT2D eigenvalue weighted by Crippen LogP contribution is 2.27. The molecule has 35 heavy (non-hydrogen) atoms. The van der Waals surface area contributed by atoms with Crippen LogP contribution >= 0.6 is 11.3 Å². The molecule has 9 heteroatoms. The van der Waals surface area contributed by atoms with Gasteiger partial charge in [0, 0.05) is 34.7 Å². The largest absolute Gasteiger partial charge is 0.326 e. The lowest BCUT2D eigenvalue weighted by Gasteiger charge is -2.08. The van der Waals surface area contributed by atoms with Crippen LogP contribution in [0, 0.1) is 0 Å². The number of hydrogen-bond donors (Lipinski definition) is 2. The van der Waals surface area contributed by atoms with Crippen molar-refractivity contribution in [2.45, 2.75) is 6.92 Å². The van der Waals surface area contributed by atoms with Crippen molar-refractivity contribution in [2.75, 3.05) is 10.6 Å². The number of aromatic nitrogens is 3. The van der Waals surface area contributed by atoms with E-state index in [9.17, 15) is 14.4 Å². The molecule has 8 nitrogen and oxygen atoms in total. The Balaban J connectivity index is 1.40. The fourth-order valence-corrected chi connectivity index (χ4v) is 4.48. The molecule has 2 aromatic heterocycles. The number of amides is 2. The van der Waals surface area contributed by atoms with Gasteiger partial charge in [0.1, 0.15) is 0 Å². The van der Waals surface area contributed by atoms with Crippen molar-refractivity contribution >= 4 is 45.5 Å². The van der Waals surface area contributed by atoms with E-state index in [1.54, 1.807) is 65.2 Å². The predicted molar refractivity (Wildman–Crippen MR) is 135 cm³/mol. The molecule has 3 aromatic carbocycles. The van der Waals surface area contributed by atoms with Gasteiger partial charge in [-0.25, -0.2) is 4.52 Å². The third-order valence-electron chi connectivity index (χ3n) is 5.26. The lowest BCUT2D eigenvalue weighted by molar-refractivity contribution is -0.114. The molecule has 0 fully saturated rings. The SMILES string of the molecule is CC(=O)Nc1ccc(-c2csc3nc(NC(=O)c4ccccc4C(=O)c4ccccc4)nn23)cc1. The third-order valence-corrected chi connectivity index (χ3v) is 6.08. The van der Waals surface area contributed by atoms with Crippen LogP contribution in [0.3, 0.4) is 0 Å². The fraction of sp³-hybridized carbons (Fsp3) is 0.0385. The highest BCUT2D eigenvalue weighted by atomic mass is 32.1. The van der Waals surface area contributed by atoms with Crippen molar-refractivity contribution in [1.82, 2.24) is 14.6 Å². The number of nitrogens with one attached hydrogen (secondary N) is 2. The Labute approximate surface area is 204 Å². The summed E-state index contributed by atoms with van der Waals surface area (Å²) in [5.74, 6) is -0.705. The maximum atomic E-state index is 13.1. The van der Waals surface area contributed by atoms with Crippen LogP contribution in [-0.4, -0.2) is 32.2 Å². The summed E-state index contributed by atoms with van der Waals surface area (Å²) in [4.78, 5) is 42.3. The monoisotopic (exact) mass is 481 g/mol. The van der Waals surface area contributed by atoms with Crippen LogP contribution in [0.15, 0.2) is 84.2 Å². The Morgan fingerprint density at radius 2 is 1.51 bits per heavy atom. The minimum atomic E-state index is -0.468. The van der Waals surface area contributed by atoms with E-state index in [1.165, 1.54) is 18.3 Å². The summed E-state index contributed by atoms with van der Waals surface area (Å²) in [6.07, 6.45) is 0. The van der Waals surface area contributed by atoms with Crippen molar-refractivity contribution < 1.29 is 14.4 Å². The Kier molecular flexibility index (Phi) is 5.90. The minimum Gasteiger partial charge on any atom is -0.326 e. The summed E-state index contributed by atoms with van der Waals surface area (Å²) >= 11 is 1.39. The van der Waals surface area contributed by atoms with Crippen LogP contribution in [0.4, 0.5) is 11.6 Å². The normalized spacial score (nSPS) is 10.8. The Bertz CT molecular complexity index is 1560. The van der Waals surface area contributed by atoms with Gasteiger partial charge in [0.25, 0.3) is 11.9 Å². The topological polar surface area (TPSA) is 105 Å². The van der Waals surface area contributed by atoms with E-state index in [-0.39, 0.29) is 23.2 Å². The smallest absolute Gasteiger partial charge is 0.258 e. The van der Waals surface area contributed by atoms with E-state index >= 15 is 0 Å². The van der Waals surface area contributed by atoms with E-state index in [4.69, 9.17) is 0 Å². The van der Waals surface area contributed by atoms with Crippen molar-refractivity contribution in [3.63, 3.8) is 0 Å². The van der Waals surface area contributed by atoms with Crippen molar-refractivity contribution in [2.24, 2.45) is 0 Å². The van der Waals surface area contributed by atoms with Crippen LogP contribution in [0.2, 0.25) is 0 Å². The molecule has 172 valence electrons. The zero-order chi connectivity index (χ0) is 24.4. The molecule has 0 saturated carbocycles. The highest BCUT2D eigenvalue weighted by molar-refractivity contribution is 7.15. The van der Waals surface area contributed by atoms with E-state index in [0.717, 1.165) is 11.3 Å². The number of nitrogens with zero attached hydrogens (tertiary/aromatic N) is 3. The Hall–Kier alpha value is -4.63. The number of anilines is 2. The van der Waals surface area contributed by atoms with Gasteiger partial charge in [-0.1, -0.05) is 60.7 Å². The maximum Gasteiger partial charge on any atom is 0.258 e. The van der Waals surface area contributed by atoms with E-state index in [2.05, 4.69) is 20.7 Å². The molecule has 0 bridgehead atoms. The number of rotatable bonds is 6. The van der Waals surface area contributed by atoms with Gasteiger partial charge in [0.05, 0.1) is 11.3 Å². The van der Waals surface area contributed by atoms with Crippen LogP contribution < -0.4 is 10.6 Å². The molecule has 5 aromatic rings. The van der Waals surface area contributed by atoms with Gasteiger partial charge < -0.3 is 5.32 Å². The summed E-state index contributed by atoms with van der Waals surface area (Å²) in [6.45, 7) is 1.46. The standard InChI is InChI=1S/C26H19N5O3S/c1-16(32)27-19-13-11-17(12-14-19)22-15-35-26-29-25(30-31(22)26)28-24(34)21-10-6-5-9-20(21)23(33)18-7-3-2-4-8-18/h2-15H,1H3,(H,27,32)(H,28,30,34). The first-order valence-electron chi connectivity index (χ1n) is 10.7. The number of carbonyl (C=O) groups excluding carboxylic acids is 3. The van der Waals surface area contributed by atoms with Gasteiger partial charge in [-0.15, -0.1) is 16.4 Å². The number of fused-ring (bicyclic) bond motifs is 1. The highest BCUT2D eigenvalue weighted by Gasteiger charge is 2.20. The van der Waals surface area contributed by atoms with Gasteiger partial charge in [-0.2, -0.15) is 4.98 Å². The number of hydrogen-bond acceptors (Lipinski definition) is 6. The second kappa shape index (κ2) is 9.32. The number of carbonyl (C=O) groups is 3. The third kappa shape index (κ3) is 4.57. The van der Waals surface area contributed by atoms with Gasteiger partial charge in [-0.3, -0.25) is 19.7 Å².